The number of hydrogen-bond acceptors (Lipinski definition) is 2. The largest absolute Gasteiger partial charge is 0.489 e. The lowest BCUT2D eigenvalue weighted by Gasteiger charge is -2.17. The summed E-state index contributed by atoms with van der Waals surface area (Å²) in [6, 6.07) is 10.2. The van der Waals surface area contributed by atoms with E-state index in [4.69, 9.17) is 4.74 Å². The van der Waals surface area contributed by atoms with Crippen molar-refractivity contribution in [1.82, 2.24) is 15.2 Å². The first kappa shape index (κ1) is 20.3. The highest BCUT2D eigenvalue weighted by Gasteiger charge is 2.06. The van der Waals surface area contributed by atoms with Crippen LogP contribution < -0.4 is 15.4 Å². The number of benzene rings is 1. The minimum absolute atomic E-state index is 0. The number of nitrogens with zero attached hydrogens (tertiary/aromatic N) is 2. The van der Waals surface area contributed by atoms with Gasteiger partial charge in [-0.2, -0.15) is 0 Å². The fourth-order valence-corrected chi connectivity index (χ4v) is 2.20. The summed E-state index contributed by atoms with van der Waals surface area (Å²) in [5.74, 6) is 1.66. The van der Waals surface area contributed by atoms with Gasteiger partial charge in [0.2, 0.25) is 0 Å². The zero-order chi connectivity index (χ0) is 16.7. The van der Waals surface area contributed by atoms with Gasteiger partial charge in [-0.05, 0) is 37.6 Å². The molecule has 2 N–H and O–H groups in total. The minimum Gasteiger partial charge on any atom is -0.489 e. The number of halogens is 1. The summed E-state index contributed by atoms with van der Waals surface area (Å²) in [6.45, 7) is 5.53. The van der Waals surface area contributed by atoms with Crippen molar-refractivity contribution in [2.45, 2.75) is 26.5 Å². The van der Waals surface area contributed by atoms with Crippen LogP contribution >= 0.6 is 24.0 Å². The number of nitrogens with one attached hydrogen (secondary N) is 2. The summed E-state index contributed by atoms with van der Waals surface area (Å²) in [5, 5.41) is 6.58. The topological polar surface area (TPSA) is 50.6 Å². The Morgan fingerprint density at radius 2 is 1.92 bits per heavy atom. The molecule has 1 heterocycles. The van der Waals surface area contributed by atoms with E-state index in [0.29, 0.717) is 6.54 Å². The third-order valence-corrected chi connectivity index (χ3v) is 3.49. The second kappa shape index (κ2) is 10.2. The number of ether oxygens (including phenoxy) is 1. The maximum Gasteiger partial charge on any atom is 0.191 e. The lowest BCUT2D eigenvalue weighted by Crippen LogP contribution is -2.41. The molecule has 0 saturated carbocycles. The Kier molecular flexibility index (Phi) is 8.67. The van der Waals surface area contributed by atoms with E-state index in [1.165, 1.54) is 11.1 Å². The summed E-state index contributed by atoms with van der Waals surface area (Å²) in [7, 11) is 3.78. The van der Waals surface area contributed by atoms with E-state index in [2.05, 4.69) is 46.9 Å². The third kappa shape index (κ3) is 6.82. The molecule has 0 saturated heterocycles. The van der Waals surface area contributed by atoms with E-state index in [-0.39, 0.29) is 30.1 Å². The van der Waals surface area contributed by atoms with Gasteiger partial charge in [0.05, 0.1) is 6.54 Å². The molecule has 1 aromatic heterocycles. The Hall–Kier alpha value is -1.70. The molecule has 0 amide bonds. The van der Waals surface area contributed by atoms with Crippen molar-refractivity contribution in [3.8, 4) is 5.75 Å². The maximum atomic E-state index is 5.88. The van der Waals surface area contributed by atoms with Crippen LogP contribution in [0.4, 0.5) is 0 Å². The fourth-order valence-electron chi connectivity index (χ4n) is 2.20. The van der Waals surface area contributed by atoms with Gasteiger partial charge in [-0.25, -0.2) is 0 Å². The molecule has 24 heavy (non-hydrogen) atoms. The van der Waals surface area contributed by atoms with Gasteiger partial charge >= 0.3 is 0 Å². The van der Waals surface area contributed by atoms with Gasteiger partial charge in [-0.3, -0.25) is 4.99 Å². The average molecular weight is 442 g/mol. The SMILES string of the molecule is CN=C(NCc1ccn(C)c1)NCC(C)Oc1ccc(C)cc1.I. The average Bonchev–Trinajstić information content (AvgIpc) is 2.95. The van der Waals surface area contributed by atoms with Crippen molar-refractivity contribution in [3.63, 3.8) is 0 Å². The smallest absolute Gasteiger partial charge is 0.191 e. The highest BCUT2D eigenvalue weighted by Crippen LogP contribution is 2.12. The molecule has 5 nitrogen and oxygen atoms in total. The minimum atomic E-state index is 0. The van der Waals surface area contributed by atoms with Gasteiger partial charge in [0.15, 0.2) is 5.96 Å². The van der Waals surface area contributed by atoms with E-state index in [9.17, 15) is 0 Å². The molecule has 0 spiro atoms. The second-order valence-corrected chi connectivity index (χ2v) is 5.73. The molecule has 0 radical (unpaired) electrons. The Morgan fingerprint density at radius 1 is 1.21 bits per heavy atom. The van der Waals surface area contributed by atoms with E-state index < -0.39 is 0 Å². The molecule has 1 aromatic carbocycles. The summed E-state index contributed by atoms with van der Waals surface area (Å²) in [5.41, 5.74) is 2.45. The highest BCUT2D eigenvalue weighted by molar-refractivity contribution is 14.0. The summed E-state index contributed by atoms with van der Waals surface area (Å²) in [6.07, 6.45) is 4.17. The lowest BCUT2D eigenvalue weighted by molar-refractivity contribution is 0.224. The second-order valence-electron chi connectivity index (χ2n) is 5.73. The molecule has 0 fully saturated rings. The first-order valence-electron chi connectivity index (χ1n) is 7.85. The number of hydrogen-bond donors (Lipinski definition) is 2. The predicted octanol–water partition coefficient (Wildman–Crippen LogP) is 3.08. The van der Waals surface area contributed by atoms with Crippen LogP contribution in [0.2, 0.25) is 0 Å². The monoisotopic (exact) mass is 442 g/mol. The molecule has 0 aliphatic rings. The Labute approximate surface area is 161 Å². The Balaban J connectivity index is 0.00000288. The van der Waals surface area contributed by atoms with Crippen LogP contribution in [0, 0.1) is 6.92 Å². The first-order chi connectivity index (χ1) is 11.1. The maximum absolute atomic E-state index is 5.88. The van der Waals surface area contributed by atoms with Crippen molar-refractivity contribution >= 4 is 29.9 Å². The van der Waals surface area contributed by atoms with Gasteiger partial charge in [-0.1, -0.05) is 17.7 Å². The number of guanidine groups is 1. The van der Waals surface area contributed by atoms with E-state index >= 15 is 0 Å². The van der Waals surface area contributed by atoms with Crippen molar-refractivity contribution in [1.29, 1.82) is 0 Å². The third-order valence-electron chi connectivity index (χ3n) is 3.49. The molecular weight excluding hydrogens is 415 g/mol. The molecule has 132 valence electrons. The van der Waals surface area contributed by atoms with Gasteiger partial charge < -0.3 is 19.9 Å². The molecule has 6 heteroatoms. The van der Waals surface area contributed by atoms with E-state index in [0.717, 1.165) is 18.3 Å². The molecule has 1 atom stereocenters. The first-order valence-corrected chi connectivity index (χ1v) is 7.85. The van der Waals surface area contributed by atoms with Gasteiger partial charge in [0.25, 0.3) is 0 Å². The molecule has 1 unspecified atom stereocenters. The van der Waals surface area contributed by atoms with Crippen LogP contribution in [0.5, 0.6) is 5.75 Å². The van der Waals surface area contributed by atoms with Gasteiger partial charge in [0, 0.05) is 33.0 Å². The Morgan fingerprint density at radius 3 is 2.50 bits per heavy atom. The lowest BCUT2D eigenvalue weighted by atomic mass is 10.2. The summed E-state index contributed by atoms with van der Waals surface area (Å²) >= 11 is 0. The number of aliphatic imine (C=N–C) groups is 1. The van der Waals surface area contributed by atoms with Crippen LogP contribution in [-0.2, 0) is 13.6 Å². The van der Waals surface area contributed by atoms with Gasteiger partial charge in [0.1, 0.15) is 11.9 Å². The van der Waals surface area contributed by atoms with Crippen molar-refractivity contribution in [3.05, 3.63) is 53.9 Å². The number of rotatable bonds is 6. The number of aromatic nitrogens is 1. The van der Waals surface area contributed by atoms with E-state index in [1.807, 2.05) is 36.9 Å². The zero-order valence-electron chi connectivity index (χ0n) is 14.7. The van der Waals surface area contributed by atoms with Crippen molar-refractivity contribution in [2.75, 3.05) is 13.6 Å². The van der Waals surface area contributed by atoms with Crippen molar-refractivity contribution < 1.29 is 4.74 Å². The normalized spacial score (nSPS) is 12.2. The standard InChI is InChI=1S/C18H26N4O.HI/c1-14-5-7-17(8-6-14)23-15(2)11-20-18(19-3)21-12-16-9-10-22(4)13-16;/h5-10,13,15H,11-12H2,1-4H3,(H2,19,20,21);1H. The summed E-state index contributed by atoms with van der Waals surface area (Å²) < 4.78 is 7.91. The molecule has 0 aliphatic carbocycles. The summed E-state index contributed by atoms with van der Waals surface area (Å²) in [4.78, 5) is 4.23. The molecule has 0 bridgehead atoms. The fraction of sp³-hybridized carbons (Fsp3) is 0.389. The van der Waals surface area contributed by atoms with Gasteiger partial charge in [-0.15, -0.1) is 24.0 Å². The van der Waals surface area contributed by atoms with Crippen LogP contribution in [0.3, 0.4) is 0 Å². The van der Waals surface area contributed by atoms with Crippen LogP contribution in [0.15, 0.2) is 47.7 Å². The predicted molar refractivity (Wildman–Crippen MR) is 110 cm³/mol. The number of aryl methyl sites for hydroxylation is 2. The highest BCUT2D eigenvalue weighted by atomic mass is 127. The van der Waals surface area contributed by atoms with E-state index in [1.54, 1.807) is 7.05 Å². The molecular formula is C18H27IN4O. The van der Waals surface area contributed by atoms with Crippen LogP contribution in [-0.4, -0.2) is 30.2 Å². The zero-order valence-corrected chi connectivity index (χ0v) is 17.1. The quantitative estimate of drug-likeness (QED) is 0.411. The van der Waals surface area contributed by atoms with Crippen LogP contribution in [0.25, 0.3) is 0 Å². The van der Waals surface area contributed by atoms with Crippen molar-refractivity contribution in [2.24, 2.45) is 12.0 Å². The molecule has 0 aliphatic heterocycles. The van der Waals surface area contributed by atoms with Crippen LogP contribution in [0.1, 0.15) is 18.1 Å². The molecule has 2 rings (SSSR count). The Bertz CT molecular complexity index is 637. The molecule has 2 aromatic rings.